The first kappa shape index (κ1) is 10.6. The van der Waals surface area contributed by atoms with Gasteiger partial charge in [-0.3, -0.25) is 4.98 Å². The van der Waals surface area contributed by atoms with E-state index in [0.29, 0.717) is 19.8 Å². The van der Waals surface area contributed by atoms with Gasteiger partial charge in [0, 0.05) is 17.3 Å². The second kappa shape index (κ2) is 6.07. The minimum Gasteiger partial charge on any atom is -0.375 e. The Morgan fingerprint density at radius 3 is 2.92 bits per heavy atom. The lowest BCUT2D eigenvalue weighted by Gasteiger charge is -2.02. The van der Waals surface area contributed by atoms with Gasteiger partial charge in [-0.1, -0.05) is 0 Å². The summed E-state index contributed by atoms with van der Waals surface area (Å²) in [5.74, 6) is 0. The van der Waals surface area contributed by atoms with Crippen LogP contribution in [0, 0.1) is 0 Å². The lowest BCUT2D eigenvalue weighted by Crippen LogP contribution is -2.04. The van der Waals surface area contributed by atoms with Crippen molar-refractivity contribution in [2.24, 2.45) is 5.73 Å². The Hall–Kier alpha value is -0.450. The number of ether oxygens (including phenoxy) is 1. The molecule has 1 heterocycles. The van der Waals surface area contributed by atoms with E-state index in [1.165, 1.54) is 0 Å². The lowest BCUT2D eigenvalue weighted by molar-refractivity contribution is 0.117. The Bertz CT molecular complexity index is 238. The molecule has 0 unspecified atom stereocenters. The van der Waals surface area contributed by atoms with E-state index in [0.717, 1.165) is 16.6 Å². The predicted octanol–water partition coefficient (Wildman–Crippen LogP) is 1.71. The molecule has 0 aromatic carbocycles. The molecular weight excluding hydrogens is 232 g/mol. The SMILES string of the molecule is NCCCOCc1ccc(Br)cn1. The van der Waals surface area contributed by atoms with Crippen molar-refractivity contribution in [2.75, 3.05) is 13.2 Å². The van der Waals surface area contributed by atoms with Crippen LogP contribution in [-0.4, -0.2) is 18.1 Å². The van der Waals surface area contributed by atoms with E-state index in [-0.39, 0.29) is 0 Å². The fourth-order valence-corrected chi connectivity index (χ4v) is 1.09. The molecule has 72 valence electrons. The number of aromatic nitrogens is 1. The predicted molar refractivity (Wildman–Crippen MR) is 55.3 cm³/mol. The number of rotatable bonds is 5. The van der Waals surface area contributed by atoms with Crippen LogP contribution in [0.15, 0.2) is 22.8 Å². The fraction of sp³-hybridized carbons (Fsp3) is 0.444. The molecule has 0 atom stereocenters. The third-order valence-electron chi connectivity index (χ3n) is 1.53. The molecule has 1 aromatic rings. The first-order valence-electron chi connectivity index (χ1n) is 4.21. The smallest absolute Gasteiger partial charge is 0.0887 e. The Morgan fingerprint density at radius 1 is 1.46 bits per heavy atom. The molecule has 0 aliphatic rings. The maximum Gasteiger partial charge on any atom is 0.0887 e. The van der Waals surface area contributed by atoms with Crippen LogP contribution in [0.5, 0.6) is 0 Å². The van der Waals surface area contributed by atoms with Crippen LogP contribution >= 0.6 is 15.9 Å². The summed E-state index contributed by atoms with van der Waals surface area (Å²) in [4.78, 5) is 4.17. The van der Waals surface area contributed by atoms with E-state index in [4.69, 9.17) is 10.5 Å². The summed E-state index contributed by atoms with van der Waals surface area (Å²) >= 11 is 3.32. The number of nitrogens with zero attached hydrogens (tertiary/aromatic N) is 1. The molecular formula is C9H13BrN2O. The minimum atomic E-state index is 0.563. The van der Waals surface area contributed by atoms with Crippen LogP contribution in [0.4, 0.5) is 0 Å². The van der Waals surface area contributed by atoms with Gasteiger partial charge in [0.2, 0.25) is 0 Å². The molecule has 0 saturated carbocycles. The van der Waals surface area contributed by atoms with E-state index >= 15 is 0 Å². The molecule has 1 rings (SSSR count). The quantitative estimate of drug-likeness (QED) is 0.803. The third-order valence-corrected chi connectivity index (χ3v) is 2.00. The number of nitrogens with two attached hydrogens (primary N) is 1. The zero-order valence-corrected chi connectivity index (χ0v) is 8.96. The second-order valence-corrected chi connectivity index (χ2v) is 3.58. The van der Waals surface area contributed by atoms with Crippen molar-refractivity contribution in [3.05, 3.63) is 28.5 Å². The van der Waals surface area contributed by atoms with Gasteiger partial charge in [0.25, 0.3) is 0 Å². The van der Waals surface area contributed by atoms with E-state index in [1.807, 2.05) is 12.1 Å². The summed E-state index contributed by atoms with van der Waals surface area (Å²) in [6, 6.07) is 3.89. The number of pyridine rings is 1. The van der Waals surface area contributed by atoms with Crippen LogP contribution in [0.25, 0.3) is 0 Å². The van der Waals surface area contributed by atoms with Gasteiger partial charge in [-0.15, -0.1) is 0 Å². The molecule has 0 saturated heterocycles. The standard InChI is InChI=1S/C9H13BrN2O/c10-8-2-3-9(12-6-8)7-13-5-1-4-11/h2-3,6H,1,4-5,7,11H2. The topological polar surface area (TPSA) is 48.1 Å². The van der Waals surface area contributed by atoms with Crippen LogP contribution < -0.4 is 5.73 Å². The molecule has 0 fully saturated rings. The Balaban J connectivity index is 2.25. The molecule has 0 bridgehead atoms. The molecule has 1 aromatic heterocycles. The zero-order chi connectivity index (χ0) is 9.52. The highest BCUT2D eigenvalue weighted by atomic mass is 79.9. The average molecular weight is 245 g/mol. The van der Waals surface area contributed by atoms with Gasteiger partial charge in [-0.25, -0.2) is 0 Å². The van der Waals surface area contributed by atoms with Crippen molar-refractivity contribution in [2.45, 2.75) is 13.0 Å². The van der Waals surface area contributed by atoms with Crippen molar-refractivity contribution >= 4 is 15.9 Å². The van der Waals surface area contributed by atoms with Gasteiger partial charge in [-0.2, -0.15) is 0 Å². The van der Waals surface area contributed by atoms with E-state index in [9.17, 15) is 0 Å². The normalized spacial score (nSPS) is 10.3. The van der Waals surface area contributed by atoms with Gasteiger partial charge < -0.3 is 10.5 Å². The molecule has 2 N–H and O–H groups in total. The zero-order valence-electron chi connectivity index (χ0n) is 7.37. The van der Waals surface area contributed by atoms with E-state index < -0.39 is 0 Å². The summed E-state index contributed by atoms with van der Waals surface area (Å²) in [5.41, 5.74) is 6.27. The van der Waals surface area contributed by atoms with Crippen LogP contribution in [0.3, 0.4) is 0 Å². The molecule has 3 nitrogen and oxygen atoms in total. The highest BCUT2D eigenvalue weighted by molar-refractivity contribution is 9.10. The molecule has 0 aliphatic carbocycles. The Kier molecular flexibility index (Phi) is 4.97. The van der Waals surface area contributed by atoms with Crippen molar-refractivity contribution < 1.29 is 4.74 Å². The van der Waals surface area contributed by atoms with Crippen LogP contribution in [0.2, 0.25) is 0 Å². The fourth-order valence-electron chi connectivity index (χ4n) is 0.854. The van der Waals surface area contributed by atoms with Gasteiger partial charge in [-0.05, 0) is 41.0 Å². The summed E-state index contributed by atoms with van der Waals surface area (Å²) in [7, 11) is 0. The minimum absolute atomic E-state index is 0.563. The molecule has 0 aliphatic heterocycles. The average Bonchev–Trinajstić information content (AvgIpc) is 2.15. The number of hydrogen-bond donors (Lipinski definition) is 1. The van der Waals surface area contributed by atoms with Gasteiger partial charge in [0.1, 0.15) is 0 Å². The largest absolute Gasteiger partial charge is 0.375 e. The molecule has 4 heteroatoms. The van der Waals surface area contributed by atoms with Crippen molar-refractivity contribution in [1.82, 2.24) is 4.98 Å². The number of halogens is 1. The highest BCUT2D eigenvalue weighted by Crippen LogP contribution is 2.07. The summed E-state index contributed by atoms with van der Waals surface area (Å²) < 4.78 is 6.33. The van der Waals surface area contributed by atoms with E-state index in [2.05, 4.69) is 20.9 Å². The summed E-state index contributed by atoms with van der Waals surface area (Å²) in [6.45, 7) is 1.94. The maximum atomic E-state index is 5.34. The van der Waals surface area contributed by atoms with Gasteiger partial charge >= 0.3 is 0 Å². The monoisotopic (exact) mass is 244 g/mol. The molecule has 0 radical (unpaired) electrons. The first-order valence-corrected chi connectivity index (χ1v) is 5.00. The van der Waals surface area contributed by atoms with Gasteiger partial charge in [0.15, 0.2) is 0 Å². The lowest BCUT2D eigenvalue weighted by atomic mass is 10.4. The van der Waals surface area contributed by atoms with Crippen molar-refractivity contribution in [3.8, 4) is 0 Å². The maximum absolute atomic E-state index is 5.34. The van der Waals surface area contributed by atoms with Gasteiger partial charge in [0.05, 0.1) is 12.3 Å². The highest BCUT2D eigenvalue weighted by Gasteiger charge is 1.94. The van der Waals surface area contributed by atoms with E-state index in [1.54, 1.807) is 6.20 Å². The summed E-state index contributed by atoms with van der Waals surface area (Å²) in [5, 5.41) is 0. The van der Waals surface area contributed by atoms with Crippen LogP contribution in [-0.2, 0) is 11.3 Å². The molecule has 13 heavy (non-hydrogen) atoms. The molecule has 0 spiro atoms. The Labute approximate surface area is 86.4 Å². The van der Waals surface area contributed by atoms with Crippen molar-refractivity contribution in [3.63, 3.8) is 0 Å². The van der Waals surface area contributed by atoms with Crippen LogP contribution in [0.1, 0.15) is 12.1 Å². The number of hydrogen-bond acceptors (Lipinski definition) is 3. The third kappa shape index (κ3) is 4.36. The first-order chi connectivity index (χ1) is 6.33. The van der Waals surface area contributed by atoms with Crippen molar-refractivity contribution in [1.29, 1.82) is 0 Å². The second-order valence-electron chi connectivity index (χ2n) is 2.66. The molecule has 0 amide bonds. The Morgan fingerprint density at radius 2 is 2.31 bits per heavy atom. The summed E-state index contributed by atoms with van der Waals surface area (Å²) in [6.07, 6.45) is 2.66.